The second-order valence-corrected chi connectivity index (χ2v) is 5.59. The molecule has 1 aromatic rings. The summed E-state index contributed by atoms with van der Waals surface area (Å²) >= 11 is 0. The molecule has 0 amide bonds. The Labute approximate surface area is 88.4 Å². The highest BCUT2D eigenvalue weighted by Gasteiger charge is 2.16. The number of fused-ring (bicyclic) bond motifs is 2. The number of rotatable bonds is 0. The molecule has 0 aromatic heterocycles. The van der Waals surface area contributed by atoms with Crippen molar-refractivity contribution >= 4 is 9.76 Å². The summed E-state index contributed by atoms with van der Waals surface area (Å²) in [7, 11) is 0.00849. The van der Waals surface area contributed by atoms with Gasteiger partial charge in [0, 0.05) is 12.5 Å². The Hall–Kier alpha value is -0.603. The van der Waals surface area contributed by atoms with Gasteiger partial charge in [-0.15, -0.1) is 0 Å². The van der Waals surface area contributed by atoms with Crippen molar-refractivity contribution in [3.05, 3.63) is 35.4 Å². The Morgan fingerprint density at radius 2 is 2.07 bits per heavy atom. The number of hydrogen-bond donors (Lipinski definition) is 0. The molecule has 14 heavy (non-hydrogen) atoms. The van der Waals surface area contributed by atoms with Crippen LogP contribution in [-0.2, 0) is 4.43 Å². The number of hydrogen-bond acceptors (Lipinski definition) is 1. The van der Waals surface area contributed by atoms with Crippen molar-refractivity contribution in [3.63, 3.8) is 0 Å². The average Bonchev–Trinajstić information content (AvgIpc) is 2.32. The molecule has 0 atom stereocenters. The van der Waals surface area contributed by atoms with E-state index in [9.17, 15) is 0 Å². The van der Waals surface area contributed by atoms with Crippen molar-refractivity contribution in [2.24, 2.45) is 0 Å². The average molecular weight is 206 g/mol. The second-order valence-electron chi connectivity index (χ2n) is 4.06. The molecule has 3 aliphatic rings. The first kappa shape index (κ1) is 9.93. The summed E-state index contributed by atoms with van der Waals surface area (Å²) in [6.07, 6.45) is 2.75. The fraction of sp³-hybridized carbons (Fsp3) is 0.500. The van der Waals surface area contributed by atoms with Gasteiger partial charge >= 0.3 is 0 Å². The molecule has 2 heteroatoms. The van der Waals surface area contributed by atoms with Crippen LogP contribution in [0.5, 0.6) is 0 Å². The summed E-state index contributed by atoms with van der Waals surface area (Å²) in [5.74, 6) is 0.736. The normalized spacial score (nSPS) is 20.9. The van der Waals surface area contributed by atoms with Crippen LogP contribution in [0.2, 0.25) is 6.04 Å². The van der Waals surface area contributed by atoms with Gasteiger partial charge in [0.1, 0.15) is 0 Å². The van der Waals surface area contributed by atoms with Crippen molar-refractivity contribution in [1.29, 1.82) is 0 Å². The molecule has 2 aliphatic carbocycles. The van der Waals surface area contributed by atoms with Crippen molar-refractivity contribution in [2.75, 3.05) is 6.61 Å². The monoisotopic (exact) mass is 206 g/mol. The third-order valence-electron chi connectivity index (χ3n) is 2.99. The molecule has 1 fully saturated rings. The zero-order valence-corrected chi connectivity index (χ0v) is 10.2. The van der Waals surface area contributed by atoms with Gasteiger partial charge in [-0.3, -0.25) is 0 Å². The van der Waals surface area contributed by atoms with E-state index >= 15 is 0 Å². The van der Waals surface area contributed by atoms with Crippen molar-refractivity contribution in [2.45, 2.75) is 31.7 Å². The van der Waals surface area contributed by atoms with Gasteiger partial charge in [0.15, 0.2) is 9.76 Å². The molecule has 0 radical (unpaired) electrons. The molecule has 1 aliphatic heterocycles. The summed E-state index contributed by atoms with van der Waals surface area (Å²) < 4.78 is 5.21. The SMILES string of the molecule is C1CC[SiH2]OC1.CC1c2cccc1c2. The summed E-state index contributed by atoms with van der Waals surface area (Å²) in [5, 5.41) is 0. The number of benzene rings is 1. The fourth-order valence-corrected chi connectivity index (χ4v) is 3.05. The van der Waals surface area contributed by atoms with Gasteiger partial charge in [-0.2, -0.15) is 0 Å². The van der Waals surface area contributed by atoms with Crippen molar-refractivity contribution in [3.8, 4) is 0 Å². The predicted molar refractivity (Wildman–Crippen MR) is 62.5 cm³/mol. The molecule has 4 rings (SSSR count). The molecule has 76 valence electrons. The topological polar surface area (TPSA) is 9.23 Å². The first-order chi connectivity index (χ1) is 6.88. The smallest absolute Gasteiger partial charge is 0.161 e. The van der Waals surface area contributed by atoms with Crippen LogP contribution in [0.1, 0.15) is 36.8 Å². The molecular formula is C12H18OSi. The van der Waals surface area contributed by atoms with E-state index in [2.05, 4.69) is 31.2 Å². The third-order valence-corrected chi connectivity index (χ3v) is 4.35. The van der Waals surface area contributed by atoms with E-state index < -0.39 is 0 Å². The van der Waals surface area contributed by atoms with Crippen LogP contribution in [0.4, 0.5) is 0 Å². The Balaban J connectivity index is 0.000000112. The van der Waals surface area contributed by atoms with E-state index in [-0.39, 0.29) is 9.76 Å². The first-order valence-electron chi connectivity index (χ1n) is 5.55. The molecule has 1 nitrogen and oxygen atoms in total. The molecule has 2 bridgehead atoms. The molecule has 0 saturated carbocycles. The van der Waals surface area contributed by atoms with Gasteiger partial charge in [0.05, 0.1) is 0 Å². The minimum atomic E-state index is 0.00849. The summed E-state index contributed by atoms with van der Waals surface area (Å²) in [4.78, 5) is 0. The van der Waals surface area contributed by atoms with Crippen LogP contribution in [-0.4, -0.2) is 16.4 Å². The summed E-state index contributed by atoms with van der Waals surface area (Å²) in [6, 6.07) is 10.1. The quantitative estimate of drug-likeness (QED) is 0.593. The van der Waals surface area contributed by atoms with Crippen LogP contribution < -0.4 is 0 Å². The third kappa shape index (κ3) is 2.25. The van der Waals surface area contributed by atoms with E-state index in [1.165, 1.54) is 30.0 Å². The van der Waals surface area contributed by atoms with Crippen molar-refractivity contribution in [1.82, 2.24) is 0 Å². The minimum Gasteiger partial charge on any atom is -0.424 e. The van der Waals surface area contributed by atoms with E-state index in [1.54, 1.807) is 0 Å². The molecule has 0 spiro atoms. The minimum absolute atomic E-state index is 0.00849. The van der Waals surface area contributed by atoms with E-state index in [0.717, 1.165) is 12.5 Å². The van der Waals surface area contributed by atoms with E-state index in [4.69, 9.17) is 4.43 Å². The van der Waals surface area contributed by atoms with E-state index in [1.807, 2.05) is 0 Å². The summed E-state index contributed by atoms with van der Waals surface area (Å²) in [6.45, 7) is 3.30. The Morgan fingerprint density at radius 3 is 2.29 bits per heavy atom. The maximum Gasteiger partial charge on any atom is 0.161 e. The van der Waals surface area contributed by atoms with E-state index in [0.29, 0.717) is 0 Å². The molecule has 1 saturated heterocycles. The molecule has 1 heterocycles. The molecule has 0 N–H and O–H groups in total. The fourth-order valence-electron chi connectivity index (χ4n) is 1.88. The molecule has 0 unspecified atom stereocenters. The van der Waals surface area contributed by atoms with Gasteiger partial charge in [-0.1, -0.05) is 37.6 Å². The van der Waals surface area contributed by atoms with Crippen LogP contribution in [0.25, 0.3) is 0 Å². The maximum absolute atomic E-state index is 5.21. The maximum atomic E-state index is 5.21. The van der Waals surface area contributed by atoms with Crippen LogP contribution in [0, 0.1) is 0 Å². The highest BCUT2D eigenvalue weighted by molar-refractivity contribution is 6.27. The zero-order chi connectivity index (χ0) is 9.80. The summed E-state index contributed by atoms with van der Waals surface area (Å²) in [5.41, 5.74) is 2.98. The van der Waals surface area contributed by atoms with Gasteiger partial charge < -0.3 is 4.43 Å². The Bertz CT molecular complexity index is 256. The zero-order valence-electron chi connectivity index (χ0n) is 8.83. The van der Waals surface area contributed by atoms with Crippen LogP contribution >= 0.6 is 0 Å². The largest absolute Gasteiger partial charge is 0.424 e. The standard InChI is InChI=1S/C8H8.C4H10OSi/c1-6-7-3-2-4-8(6)5-7;1-2-4-6-5-3-1/h2-6H,1H3;1-4,6H2. The highest BCUT2D eigenvalue weighted by atomic mass is 28.2. The lowest BCUT2D eigenvalue weighted by Gasteiger charge is -2.22. The van der Waals surface area contributed by atoms with Crippen LogP contribution in [0.3, 0.4) is 0 Å². The lowest BCUT2D eigenvalue weighted by Crippen LogP contribution is -2.06. The first-order valence-corrected chi connectivity index (χ1v) is 7.13. The highest BCUT2D eigenvalue weighted by Crippen LogP contribution is 2.33. The molecular weight excluding hydrogens is 188 g/mol. The Morgan fingerprint density at radius 1 is 1.29 bits per heavy atom. The van der Waals surface area contributed by atoms with Crippen LogP contribution in [0.15, 0.2) is 24.3 Å². The van der Waals surface area contributed by atoms with Gasteiger partial charge in [0.2, 0.25) is 0 Å². The lowest BCUT2D eigenvalue weighted by atomic mass is 9.82. The predicted octanol–water partition coefficient (Wildman–Crippen LogP) is 2.45. The van der Waals surface area contributed by atoms with Gasteiger partial charge in [-0.25, -0.2) is 0 Å². The Kier molecular flexibility index (Phi) is 3.38. The lowest BCUT2D eigenvalue weighted by molar-refractivity contribution is 0.304. The van der Waals surface area contributed by atoms with Crippen molar-refractivity contribution < 1.29 is 4.43 Å². The van der Waals surface area contributed by atoms with Gasteiger partial charge in [-0.05, 0) is 23.6 Å². The second kappa shape index (κ2) is 4.76. The molecule has 1 aromatic carbocycles. The van der Waals surface area contributed by atoms with Gasteiger partial charge in [0.25, 0.3) is 0 Å².